The number of carbonyl (C=O) groups excluding carboxylic acids is 1. The molecule has 3 N–H and O–H groups in total. The first-order chi connectivity index (χ1) is 14.7. The molecule has 0 saturated carbocycles. The lowest BCUT2D eigenvalue weighted by Crippen LogP contribution is -2.54. The number of nitrogens with one attached hydrogen (secondary N) is 1. The lowest BCUT2D eigenvalue weighted by atomic mass is 9.81. The van der Waals surface area contributed by atoms with Crippen molar-refractivity contribution in [2.24, 2.45) is 10.9 Å². The first-order valence-corrected chi connectivity index (χ1v) is 8.77. The minimum absolute atomic E-state index is 0.163. The van der Waals surface area contributed by atoms with Gasteiger partial charge >= 0.3 is 12.4 Å². The highest BCUT2D eigenvalue weighted by molar-refractivity contribution is 5.83. The smallest absolute Gasteiger partial charge is 0.339 e. The number of hydrogen-bond donors (Lipinski definition) is 2. The molecule has 0 aliphatic rings. The molecule has 0 fully saturated rings. The Hall–Kier alpha value is -3.09. The van der Waals surface area contributed by atoms with Crippen LogP contribution in [0.3, 0.4) is 0 Å². The number of hydrogen-bond acceptors (Lipinski definition) is 4. The summed E-state index contributed by atoms with van der Waals surface area (Å²) in [5, 5.41) is 4.13. The maximum absolute atomic E-state index is 14.1. The molecule has 2 aromatic rings. The Morgan fingerprint density at radius 1 is 0.906 bits per heavy atom. The fourth-order valence-electron chi connectivity index (χ4n) is 3.02. The predicted molar refractivity (Wildman–Crippen MR) is 96.0 cm³/mol. The van der Waals surface area contributed by atoms with Crippen molar-refractivity contribution in [3.63, 3.8) is 0 Å². The second-order valence-electron chi connectivity index (χ2n) is 6.77. The average Bonchev–Trinajstić information content (AvgIpc) is 2.69. The molecule has 2 rings (SSSR count). The van der Waals surface area contributed by atoms with E-state index in [9.17, 15) is 44.8 Å². The fraction of sp³-hybridized carbons (Fsp3) is 0.316. The minimum atomic E-state index is -5.02. The van der Waals surface area contributed by atoms with E-state index in [1.807, 2.05) is 5.32 Å². The van der Waals surface area contributed by atoms with Crippen molar-refractivity contribution in [3.8, 4) is 0 Å². The zero-order chi connectivity index (χ0) is 24.3. The SMILES string of the molecule is NC[C@@](NC(=O)[C@@H](CC(F)(F)F)N=O)(c1ccc(F)cc1)c1cc(F)cc(C(F)(F)F)c1. The number of alkyl halides is 6. The predicted octanol–water partition coefficient (Wildman–Crippen LogP) is 4.39. The average molecular weight is 469 g/mol. The van der Waals surface area contributed by atoms with Crippen molar-refractivity contribution < 1.29 is 39.9 Å². The molecule has 1 amide bonds. The van der Waals surface area contributed by atoms with Gasteiger partial charge in [0, 0.05) is 6.54 Å². The van der Waals surface area contributed by atoms with E-state index in [0.29, 0.717) is 12.1 Å². The summed E-state index contributed by atoms with van der Waals surface area (Å²) in [7, 11) is 0. The monoisotopic (exact) mass is 469 g/mol. The summed E-state index contributed by atoms with van der Waals surface area (Å²) in [4.78, 5) is 23.3. The summed E-state index contributed by atoms with van der Waals surface area (Å²) in [6, 6.07) is 2.36. The maximum atomic E-state index is 14.1. The molecule has 13 heteroatoms. The van der Waals surface area contributed by atoms with Crippen LogP contribution >= 0.6 is 0 Å². The zero-order valence-corrected chi connectivity index (χ0v) is 15.9. The van der Waals surface area contributed by atoms with Gasteiger partial charge in [-0.15, -0.1) is 4.91 Å². The van der Waals surface area contributed by atoms with E-state index in [2.05, 4.69) is 5.18 Å². The maximum Gasteiger partial charge on any atom is 0.416 e. The van der Waals surface area contributed by atoms with E-state index >= 15 is 0 Å². The molecule has 0 radical (unpaired) electrons. The van der Waals surface area contributed by atoms with Gasteiger partial charge in [-0.25, -0.2) is 8.78 Å². The first-order valence-electron chi connectivity index (χ1n) is 8.77. The Bertz CT molecular complexity index is 976. The van der Waals surface area contributed by atoms with Crippen LogP contribution in [0.4, 0.5) is 35.1 Å². The standard InChI is InChI=1S/C19H15F8N3O2/c20-13-3-1-10(2-4-13)17(9-28,29-16(31)15(30-32)8-18(22,23)24)11-5-12(19(25,26)27)7-14(21)6-11/h1-7,15H,8-9,28H2,(H,29,31)/t15-,17-/m1/s1. The Labute approximate surface area is 175 Å². The molecule has 0 aliphatic heterocycles. The molecule has 0 unspecified atom stereocenters. The van der Waals surface area contributed by atoms with E-state index in [0.717, 1.165) is 24.3 Å². The summed E-state index contributed by atoms with van der Waals surface area (Å²) in [6.45, 7) is -0.789. The van der Waals surface area contributed by atoms with Crippen molar-refractivity contribution >= 4 is 5.91 Å². The van der Waals surface area contributed by atoms with Gasteiger partial charge in [-0.2, -0.15) is 26.3 Å². The quantitative estimate of drug-likeness (QED) is 0.466. The Morgan fingerprint density at radius 2 is 1.47 bits per heavy atom. The molecule has 5 nitrogen and oxygen atoms in total. The van der Waals surface area contributed by atoms with Crippen LogP contribution in [0.25, 0.3) is 0 Å². The number of nitrogens with zero attached hydrogens (tertiary/aromatic N) is 1. The summed E-state index contributed by atoms with van der Waals surface area (Å²) in [6.07, 6.45) is -11.9. The van der Waals surface area contributed by atoms with Gasteiger partial charge in [0.25, 0.3) is 0 Å². The summed E-state index contributed by atoms with van der Waals surface area (Å²) in [5.74, 6) is -3.79. The fourth-order valence-corrected chi connectivity index (χ4v) is 3.02. The van der Waals surface area contributed by atoms with E-state index in [4.69, 9.17) is 5.73 Å². The van der Waals surface area contributed by atoms with Crippen molar-refractivity contribution in [3.05, 3.63) is 75.7 Å². The van der Waals surface area contributed by atoms with Crippen LogP contribution in [0.1, 0.15) is 23.1 Å². The second kappa shape index (κ2) is 9.18. The number of benzene rings is 2. The van der Waals surface area contributed by atoms with Gasteiger partial charge < -0.3 is 11.1 Å². The van der Waals surface area contributed by atoms with Crippen LogP contribution < -0.4 is 11.1 Å². The molecule has 32 heavy (non-hydrogen) atoms. The molecule has 0 spiro atoms. The molecule has 2 aromatic carbocycles. The van der Waals surface area contributed by atoms with Crippen molar-refractivity contribution in [1.82, 2.24) is 5.32 Å². The third-order valence-electron chi connectivity index (χ3n) is 4.55. The van der Waals surface area contributed by atoms with E-state index in [1.54, 1.807) is 0 Å². The van der Waals surface area contributed by atoms with E-state index in [1.165, 1.54) is 0 Å². The van der Waals surface area contributed by atoms with E-state index < -0.39 is 65.6 Å². The van der Waals surface area contributed by atoms with Gasteiger partial charge in [0.2, 0.25) is 5.91 Å². The molecule has 0 aromatic heterocycles. The molecule has 0 saturated heterocycles. The molecule has 0 heterocycles. The zero-order valence-electron chi connectivity index (χ0n) is 15.9. The van der Waals surface area contributed by atoms with Crippen LogP contribution in [0.15, 0.2) is 47.6 Å². The second-order valence-corrected chi connectivity index (χ2v) is 6.77. The van der Waals surface area contributed by atoms with Crippen LogP contribution in [0, 0.1) is 16.5 Å². The van der Waals surface area contributed by atoms with Crippen LogP contribution in [-0.4, -0.2) is 24.7 Å². The third kappa shape index (κ3) is 5.78. The van der Waals surface area contributed by atoms with Gasteiger partial charge in [-0.3, -0.25) is 4.79 Å². The van der Waals surface area contributed by atoms with Crippen LogP contribution in [0.2, 0.25) is 0 Å². The number of nitroso groups, excluding NO2 is 1. The summed E-state index contributed by atoms with van der Waals surface area (Å²) < 4.78 is 105. The van der Waals surface area contributed by atoms with Gasteiger partial charge in [-0.1, -0.05) is 17.3 Å². The Morgan fingerprint density at radius 3 is 1.94 bits per heavy atom. The van der Waals surface area contributed by atoms with Crippen LogP contribution in [-0.2, 0) is 16.5 Å². The van der Waals surface area contributed by atoms with Crippen LogP contribution in [0.5, 0.6) is 0 Å². The molecule has 174 valence electrons. The minimum Gasteiger partial charge on any atom is -0.339 e. The molecular formula is C19H15F8N3O2. The molecular weight excluding hydrogens is 454 g/mol. The Kier molecular flexibility index (Phi) is 7.23. The van der Waals surface area contributed by atoms with Gasteiger partial charge in [0.05, 0.1) is 12.0 Å². The van der Waals surface area contributed by atoms with Gasteiger partial charge in [0.1, 0.15) is 17.2 Å². The number of carbonyl (C=O) groups is 1. The highest BCUT2D eigenvalue weighted by Gasteiger charge is 2.42. The number of halogens is 8. The molecule has 0 bridgehead atoms. The lowest BCUT2D eigenvalue weighted by Gasteiger charge is -2.36. The Balaban J connectivity index is 2.68. The molecule has 0 aliphatic carbocycles. The topological polar surface area (TPSA) is 84.5 Å². The van der Waals surface area contributed by atoms with Gasteiger partial charge in [0.15, 0.2) is 6.04 Å². The lowest BCUT2D eigenvalue weighted by molar-refractivity contribution is -0.148. The highest BCUT2D eigenvalue weighted by Crippen LogP contribution is 2.36. The largest absolute Gasteiger partial charge is 0.416 e. The molecule has 2 atom stereocenters. The first kappa shape index (κ1) is 25.2. The highest BCUT2D eigenvalue weighted by atomic mass is 19.4. The number of rotatable bonds is 7. The van der Waals surface area contributed by atoms with Crippen molar-refractivity contribution in [2.75, 3.05) is 6.54 Å². The normalized spacial score (nSPS) is 15.0. The third-order valence-corrected chi connectivity index (χ3v) is 4.55. The van der Waals surface area contributed by atoms with E-state index in [-0.39, 0.29) is 11.6 Å². The summed E-state index contributed by atoms with van der Waals surface area (Å²) in [5.41, 5.74) is 1.20. The van der Waals surface area contributed by atoms with Crippen molar-refractivity contribution in [1.29, 1.82) is 0 Å². The number of amides is 1. The van der Waals surface area contributed by atoms with Gasteiger partial charge in [-0.05, 0) is 41.5 Å². The summed E-state index contributed by atoms with van der Waals surface area (Å²) >= 11 is 0. The number of nitrogens with two attached hydrogens (primary N) is 1. The van der Waals surface area contributed by atoms with Crippen molar-refractivity contribution in [2.45, 2.75) is 30.4 Å².